The van der Waals surface area contributed by atoms with Crippen LogP contribution in [0.2, 0.25) is 0 Å². The molecule has 1 atom stereocenters. The molecule has 3 rings (SSSR count). The average Bonchev–Trinajstić information content (AvgIpc) is 2.97. The number of Topliss-reactive ketones (excluding diaryl/α,β-unsaturated/α-hetero) is 1. The van der Waals surface area contributed by atoms with E-state index in [-0.39, 0.29) is 11.7 Å². The molecule has 130 valence electrons. The second kappa shape index (κ2) is 6.97. The van der Waals surface area contributed by atoms with Gasteiger partial charge in [0.25, 0.3) is 5.91 Å². The number of aryl methyl sites for hydroxylation is 1. The highest BCUT2D eigenvalue weighted by molar-refractivity contribution is 6.01. The molecule has 0 aromatic heterocycles. The Labute approximate surface area is 147 Å². The number of carbonyl (C=O) groups excluding carboxylic acids is 2. The molecule has 0 saturated heterocycles. The van der Waals surface area contributed by atoms with Crippen LogP contribution in [0.15, 0.2) is 36.4 Å². The third-order valence-electron chi connectivity index (χ3n) is 4.32. The lowest BCUT2D eigenvalue weighted by atomic mass is 10.1. The highest BCUT2D eigenvalue weighted by Crippen LogP contribution is 2.31. The molecule has 0 heterocycles. The molecule has 5 heteroatoms. The Balaban J connectivity index is 1.74. The van der Waals surface area contributed by atoms with E-state index in [1.54, 1.807) is 32.2 Å². The number of benzene rings is 2. The molecule has 1 N–H and O–H groups in total. The Bertz CT molecular complexity index is 828. The van der Waals surface area contributed by atoms with E-state index in [2.05, 4.69) is 5.32 Å². The first kappa shape index (κ1) is 17.0. The first-order valence-corrected chi connectivity index (χ1v) is 8.27. The van der Waals surface area contributed by atoms with Gasteiger partial charge in [0.1, 0.15) is 11.5 Å². The first-order chi connectivity index (χ1) is 12.0. The van der Waals surface area contributed by atoms with Crippen molar-refractivity contribution >= 4 is 17.4 Å². The number of ether oxygens (including phenoxy) is 2. The van der Waals surface area contributed by atoms with Gasteiger partial charge in [-0.1, -0.05) is 18.2 Å². The summed E-state index contributed by atoms with van der Waals surface area (Å²) in [6, 6.07) is 11.0. The maximum Gasteiger partial charge on any atom is 0.265 e. The number of ketones is 1. The lowest BCUT2D eigenvalue weighted by Gasteiger charge is -2.18. The van der Waals surface area contributed by atoms with E-state index in [9.17, 15) is 9.59 Å². The predicted octanol–water partition coefficient (Wildman–Crippen LogP) is 3.54. The van der Waals surface area contributed by atoms with Gasteiger partial charge in [-0.3, -0.25) is 9.59 Å². The molecule has 0 saturated carbocycles. The first-order valence-electron chi connectivity index (χ1n) is 8.27. The second-order valence-electron chi connectivity index (χ2n) is 6.16. The van der Waals surface area contributed by atoms with E-state index in [1.807, 2.05) is 25.1 Å². The maximum atomic E-state index is 12.5. The van der Waals surface area contributed by atoms with Crippen molar-refractivity contribution in [2.75, 3.05) is 12.4 Å². The molecule has 0 bridgehead atoms. The predicted molar refractivity (Wildman–Crippen MR) is 95.5 cm³/mol. The monoisotopic (exact) mass is 339 g/mol. The largest absolute Gasteiger partial charge is 0.495 e. The molecule has 1 aliphatic rings. The molecule has 0 spiro atoms. The molecular formula is C20H21NO4. The van der Waals surface area contributed by atoms with Gasteiger partial charge in [-0.2, -0.15) is 0 Å². The number of rotatable bonds is 5. The van der Waals surface area contributed by atoms with Crippen molar-refractivity contribution in [2.45, 2.75) is 32.8 Å². The number of nitrogens with one attached hydrogen (secondary N) is 1. The summed E-state index contributed by atoms with van der Waals surface area (Å²) in [5, 5.41) is 2.84. The standard InChI is InChI=1S/C20H21NO4/c1-12-7-10-19(24-3)16(11-12)21-20(23)13(2)25-18-6-4-5-14-15(18)8-9-17(14)22/h4-7,10-11,13H,8-9H2,1-3H3,(H,21,23). The van der Waals surface area contributed by atoms with Gasteiger partial charge in [0.15, 0.2) is 11.9 Å². The van der Waals surface area contributed by atoms with E-state index in [1.165, 1.54) is 0 Å². The van der Waals surface area contributed by atoms with Gasteiger partial charge in [0.05, 0.1) is 12.8 Å². The Kier molecular flexibility index (Phi) is 4.74. The van der Waals surface area contributed by atoms with Crippen LogP contribution in [0, 0.1) is 6.92 Å². The topological polar surface area (TPSA) is 64.6 Å². The Hall–Kier alpha value is -2.82. The Morgan fingerprint density at radius 3 is 2.72 bits per heavy atom. The fourth-order valence-corrected chi connectivity index (χ4v) is 2.97. The van der Waals surface area contributed by atoms with Crippen molar-refractivity contribution in [2.24, 2.45) is 0 Å². The van der Waals surface area contributed by atoms with Crippen molar-refractivity contribution in [1.29, 1.82) is 0 Å². The minimum absolute atomic E-state index is 0.127. The van der Waals surface area contributed by atoms with Gasteiger partial charge in [-0.15, -0.1) is 0 Å². The normalized spacial score (nSPS) is 14.0. The minimum Gasteiger partial charge on any atom is -0.495 e. The fraction of sp³-hybridized carbons (Fsp3) is 0.300. The number of carbonyl (C=O) groups is 2. The quantitative estimate of drug-likeness (QED) is 0.905. The van der Waals surface area contributed by atoms with Crippen LogP contribution >= 0.6 is 0 Å². The summed E-state index contributed by atoms with van der Waals surface area (Å²) >= 11 is 0. The molecule has 1 unspecified atom stereocenters. The third-order valence-corrected chi connectivity index (χ3v) is 4.32. The van der Waals surface area contributed by atoms with Crippen LogP contribution in [0.1, 0.15) is 34.8 Å². The Morgan fingerprint density at radius 1 is 1.16 bits per heavy atom. The van der Waals surface area contributed by atoms with Crippen LogP contribution in [0.25, 0.3) is 0 Å². The van der Waals surface area contributed by atoms with Crippen LogP contribution in [0.3, 0.4) is 0 Å². The minimum atomic E-state index is -0.701. The number of fused-ring (bicyclic) bond motifs is 1. The molecule has 2 aromatic carbocycles. The van der Waals surface area contributed by atoms with Gasteiger partial charge in [0.2, 0.25) is 0 Å². The van der Waals surface area contributed by atoms with Crippen LogP contribution < -0.4 is 14.8 Å². The van der Waals surface area contributed by atoms with Crippen molar-refractivity contribution in [3.05, 3.63) is 53.1 Å². The van der Waals surface area contributed by atoms with Gasteiger partial charge >= 0.3 is 0 Å². The molecule has 25 heavy (non-hydrogen) atoms. The average molecular weight is 339 g/mol. The molecule has 1 aliphatic carbocycles. The number of methoxy groups -OCH3 is 1. The highest BCUT2D eigenvalue weighted by Gasteiger charge is 2.25. The van der Waals surface area contributed by atoms with E-state index >= 15 is 0 Å². The number of hydrogen-bond donors (Lipinski definition) is 1. The third kappa shape index (κ3) is 3.50. The number of amides is 1. The second-order valence-corrected chi connectivity index (χ2v) is 6.16. The number of hydrogen-bond acceptors (Lipinski definition) is 4. The summed E-state index contributed by atoms with van der Waals surface area (Å²) in [6.07, 6.45) is 0.452. The van der Waals surface area contributed by atoms with Gasteiger partial charge in [-0.25, -0.2) is 0 Å². The van der Waals surface area contributed by atoms with Gasteiger partial charge in [0, 0.05) is 17.5 Å². The summed E-state index contributed by atoms with van der Waals surface area (Å²) in [4.78, 5) is 24.3. The molecule has 1 amide bonds. The van der Waals surface area contributed by atoms with Gasteiger partial charge in [-0.05, 0) is 44.0 Å². The van der Waals surface area contributed by atoms with Crippen molar-refractivity contribution < 1.29 is 19.1 Å². The van der Waals surface area contributed by atoms with Crippen molar-refractivity contribution in [3.8, 4) is 11.5 Å². The summed E-state index contributed by atoms with van der Waals surface area (Å²) in [5.74, 6) is 1.05. The molecular weight excluding hydrogens is 318 g/mol. The van der Waals surface area contributed by atoms with Crippen molar-refractivity contribution in [3.63, 3.8) is 0 Å². The van der Waals surface area contributed by atoms with Crippen LogP contribution in [0.5, 0.6) is 11.5 Å². The van der Waals surface area contributed by atoms with E-state index in [0.29, 0.717) is 35.6 Å². The van der Waals surface area contributed by atoms with Gasteiger partial charge < -0.3 is 14.8 Å². The zero-order valence-corrected chi connectivity index (χ0v) is 14.6. The zero-order valence-electron chi connectivity index (χ0n) is 14.6. The summed E-state index contributed by atoms with van der Waals surface area (Å²) in [7, 11) is 1.56. The fourth-order valence-electron chi connectivity index (χ4n) is 2.97. The van der Waals surface area contributed by atoms with E-state index < -0.39 is 6.10 Å². The van der Waals surface area contributed by atoms with Crippen LogP contribution in [-0.2, 0) is 11.2 Å². The van der Waals surface area contributed by atoms with E-state index in [4.69, 9.17) is 9.47 Å². The highest BCUT2D eigenvalue weighted by atomic mass is 16.5. The lowest BCUT2D eigenvalue weighted by Crippen LogP contribution is -2.30. The summed E-state index contributed by atoms with van der Waals surface area (Å²) in [6.45, 7) is 3.63. The lowest BCUT2D eigenvalue weighted by molar-refractivity contribution is -0.122. The van der Waals surface area contributed by atoms with E-state index in [0.717, 1.165) is 11.1 Å². The van der Waals surface area contributed by atoms with Crippen LogP contribution in [0.4, 0.5) is 5.69 Å². The smallest absolute Gasteiger partial charge is 0.265 e. The number of anilines is 1. The van der Waals surface area contributed by atoms with Crippen molar-refractivity contribution in [1.82, 2.24) is 0 Å². The summed E-state index contributed by atoms with van der Waals surface area (Å²) in [5.41, 5.74) is 3.21. The zero-order chi connectivity index (χ0) is 18.0. The molecule has 0 fully saturated rings. The molecule has 2 aromatic rings. The SMILES string of the molecule is COc1ccc(C)cc1NC(=O)C(C)Oc1cccc2c1CCC2=O. The maximum absolute atomic E-state index is 12.5. The molecule has 0 aliphatic heterocycles. The Morgan fingerprint density at radius 2 is 1.96 bits per heavy atom. The summed E-state index contributed by atoms with van der Waals surface area (Å²) < 4.78 is 11.1. The van der Waals surface area contributed by atoms with Crippen LogP contribution in [-0.4, -0.2) is 24.9 Å². The molecule has 0 radical (unpaired) electrons. The molecule has 5 nitrogen and oxygen atoms in total.